The van der Waals surface area contributed by atoms with Gasteiger partial charge in [0.05, 0.1) is 0 Å². The summed E-state index contributed by atoms with van der Waals surface area (Å²) in [7, 11) is -2.12. The predicted molar refractivity (Wildman–Crippen MR) is 207 cm³/mol. The molecular formula is C45H33N3Si. The molecule has 0 unspecified atom stereocenters. The Morgan fingerprint density at radius 2 is 0.918 bits per heavy atom. The normalized spacial score (nSPS) is 12.9. The van der Waals surface area contributed by atoms with Crippen molar-refractivity contribution in [3.63, 3.8) is 0 Å². The van der Waals surface area contributed by atoms with Crippen molar-refractivity contribution in [1.82, 2.24) is 15.0 Å². The summed E-state index contributed by atoms with van der Waals surface area (Å²) in [6.07, 6.45) is 0. The third-order valence-electron chi connectivity index (χ3n) is 9.92. The molecule has 1 aromatic heterocycles. The molecule has 9 rings (SSSR count). The summed E-state index contributed by atoms with van der Waals surface area (Å²) < 4.78 is 0. The summed E-state index contributed by atoms with van der Waals surface area (Å²) in [5.74, 6) is 2.05. The van der Waals surface area contributed by atoms with E-state index in [4.69, 9.17) is 15.0 Å². The number of aromatic nitrogens is 3. The van der Waals surface area contributed by atoms with Gasteiger partial charge in [-0.25, -0.2) is 15.0 Å². The Kier molecular flexibility index (Phi) is 6.92. The van der Waals surface area contributed by atoms with Crippen LogP contribution in [-0.4, -0.2) is 23.0 Å². The molecule has 2 heterocycles. The van der Waals surface area contributed by atoms with Crippen molar-refractivity contribution < 1.29 is 0 Å². The van der Waals surface area contributed by atoms with E-state index in [2.05, 4.69) is 165 Å². The molecule has 8 aromatic rings. The molecule has 1 aliphatic rings. The summed E-state index contributed by atoms with van der Waals surface area (Å²) in [5.41, 5.74) is 10.3. The molecule has 4 heteroatoms. The van der Waals surface area contributed by atoms with Crippen molar-refractivity contribution in [3.05, 3.63) is 164 Å². The lowest BCUT2D eigenvalue weighted by Crippen LogP contribution is -2.50. The molecule has 3 nitrogen and oxygen atoms in total. The molecule has 0 aliphatic carbocycles. The van der Waals surface area contributed by atoms with Gasteiger partial charge in [-0.3, -0.25) is 0 Å². The number of nitrogens with zero attached hydrogens (tertiary/aromatic N) is 3. The van der Waals surface area contributed by atoms with Crippen LogP contribution in [0.5, 0.6) is 0 Å². The topological polar surface area (TPSA) is 38.7 Å². The van der Waals surface area contributed by atoms with Gasteiger partial charge < -0.3 is 0 Å². The van der Waals surface area contributed by atoms with Crippen LogP contribution in [0.2, 0.25) is 13.1 Å². The van der Waals surface area contributed by atoms with Crippen LogP contribution in [0.1, 0.15) is 0 Å². The van der Waals surface area contributed by atoms with Crippen molar-refractivity contribution in [1.29, 1.82) is 0 Å². The molecule has 1 aliphatic heterocycles. The van der Waals surface area contributed by atoms with Crippen molar-refractivity contribution in [2.45, 2.75) is 13.1 Å². The summed E-state index contributed by atoms with van der Waals surface area (Å²) in [6, 6.07) is 58.1. The maximum atomic E-state index is 5.27. The fraction of sp³-hybridized carbons (Fsp3) is 0.0444. The van der Waals surface area contributed by atoms with E-state index in [-0.39, 0.29) is 0 Å². The zero-order valence-corrected chi connectivity index (χ0v) is 28.4. The largest absolute Gasteiger partial charge is 0.208 e. The highest BCUT2D eigenvalue weighted by Gasteiger charge is 2.40. The molecule has 0 amide bonds. The summed E-state index contributed by atoms with van der Waals surface area (Å²) in [4.78, 5) is 15.7. The third-order valence-corrected chi connectivity index (χ3v) is 13.5. The highest BCUT2D eigenvalue weighted by atomic mass is 28.3. The van der Waals surface area contributed by atoms with Gasteiger partial charge in [0.25, 0.3) is 0 Å². The van der Waals surface area contributed by atoms with Gasteiger partial charge in [0.1, 0.15) is 8.07 Å². The van der Waals surface area contributed by atoms with E-state index < -0.39 is 8.07 Å². The van der Waals surface area contributed by atoms with Gasteiger partial charge in [-0.05, 0) is 60.6 Å². The molecule has 0 saturated heterocycles. The minimum absolute atomic E-state index is 0.669. The highest BCUT2D eigenvalue weighted by molar-refractivity contribution is 7.04. The van der Waals surface area contributed by atoms with Gasteiger partial charge in [-0.15, -0.1) is 0 Å². The minimum atomic E-state index is -2.12. The van der Waals surface area contributed by atoms with Crippen LogP contribution in [0.25, 0.3) is 78.3 Å². The molecule has 0 atom stereocenters. The SMILES string of the molecule is C[Si]1(C)c2ccc3ccccc3c2-c2cccc(-c3nc(-c4ccc(-c5ccccc5)cc4)nc(-c4cccc(-c5ccccc5)c4)n3)c21. The van der Waals surface area contributed by atoms with Gasteiger partial charge in [-0.1, -0.05) is 171 Å². The average Bonchev–Trinajstić information content (AvgIpc) is 3.42. The molecule has 0 radical (unpaired) electrons. The average molecular weight is 644 g/mol. The molecule has 0 saturated carbocycles. The molecule has 0 bridgehead atoms. The Bertz CT molecular complexity index is 2510. The molecule has 49 heavy (non-hydrogen) atoms. The first-order chi connectivity index (χ1) is 24.0. The molecule has 0 spiro atoms. The second-order valence-electron chi connectivity index (χ2n) is 13.3. The van der Waals surface area contributed by atoms with Gasteiger partial charge in [-0.2, -0.15) is 0 Å². The fourth-order valence-electron chi connectivity index (χ4n) is 7.50. The van der Waals surface area contributed by atoms with Crippen LogP contribution in [0, 0.1) is 0 Å². The maximum absolute atomic E-state index is 5.27. The van der Waals surface area contributed by atoms with E-state index in [0.29, 0.717) is 17.5 Å². The maximum Gasteiger partial charge on any atom is 0.164 e. The fourth-order valence-corrected chi connectivity index (χ4v) is 10.9. The number of fused-ring (bicyclic) bond motifs is 5. The van der Waals surface area contributed by atoms with Crippen LogP contribution in [0.4, 0.5) is 0 Å². The van der Waals surface area contributed by atoms with E-state index in [9.17, 15) is 0 Å². The number of benzene rings is 7. The number of rotatable bonds is 5. The molecule has 0 fully saturated rings. The molecule has 0 N–H and O–H groups in total. The van der Waals surface area contributed by atoms with Crippen molar-refractivity contribution in [2.75, 3.05) is 0 Å². The van der Waals surface area contributed by atoms with E-state index >= 15 is 0 Å². The van der Waals surface area contributed by atoms with Gasteiger partial charge in [0.15, 0.2) is 17.5 Å². The first kappa shape index (κ1) is 29.2. The Balaban J connectivity index is 1.24. The van der Waals surface area contributed by atoms with Crippen LogP contribution >= 0.6 is 0 Å². The molecule has 232 valence electrons. The Morgan fingerprint density at radius 3 is 1.67 bits per heavy atom. The van der Waals surface area contributed by atoms with Crippen LogP contribution in [0.15, 0.2) is 164 Å². The lowest BCUT2D eigenvalue weighted by molar-refractivity contribution is 1.08. The Morgan fingerprint density at radius 1 is 0.388 bits per heavy atom. The standard InChI is InChI=1S/C45H33N3Si/c1-49(2)40-28-27-33-17-9-10-20-37(33)41(40)38-21-12-22-39(42(38)49)45-47-43(34-25-23-32(24-26-34)30-13-5-3-6-14-30)46-44(48-45)36-19-11-18-35(29-36)31-15-7-4-8-16-31/h3-29H,1-2H3. The monoisotopic (exact) mass is 643 g/mol. The summed E-state index contributed by atoms with van der Waals surface area (Å²) in [5, 5.41) is 5.44. The number of hydrogen-bond acceptors (Lipinski definition) is 3. The minimum Gasteiger partial charge on any atom is -0.208 e. The van der Waals surface area contributed by atoms with Crippen LogP contribution < -0.4 is 10.4 Å². The van der Waals surface area contributed by atoms with Crippen molar-refractivity contribution in [2.24, 2.45) is 0 Å². The highest BCUT2D eigenvalue weighted by Crippen LogP contribution is 2.38. The first-order valence-electron chi connectivity index (χ1n) is 16.8. The lowest BCUT2D eigenvalue weighted by Gasteiger charge is -2.22. The van der Waals surface area contributed by atoms with Gasteiger partial charge >= 0.3 is 0 Å². The zero-order chi connectivity index (χ0) is 33.0. The first-order valence-corrected chi connectivity index (χ1v) is 19.8. The van der Waals surface area contributed by atoms with Crippen molar-refractivity contribution in [3.8, 4) is 67.5 Å². The lowest BCUT2D eigenvalue weighted by atomic mass is 9.97. The second-order valence-corrected chi connectivity index (χ2v) is 17.5. The van der Waals surface area contributed by atoms with Crippen LogP contribution in [0.3, 0.4) is 0 Å². The second kappa shape index (κ2) is 11.6. The summed E-state index contributed by atoms with van der Waals surface area (Å²) in [6.45, 7) is 4.93. The quantitative estimate of drug-likeness (QED) is 0.175. The zero-order valence-electron chi connectivity index (χ0n) is 27.4. The summed E-state index contributed by atoms with van der Waals surface area (Å²) >= 11 is 0. The van der Waals surface area contributed by atoms with Gasteiger partial charge in [0.2, 0.25) is 0 Å². The number of hydrogen-bond donors (Lipinski definition) is 0. The van der Waals surface area contributed by atoms with Crippen molar-refractivity contribution >= 4 is 29.2 Å². The van der Waals surface area contributed by atoms with E-state index in [1.807, 2.05) is 12.1 Å². The third kappa shape index (κ3) is 5.00. The van der Waals surface area contributed by atoms with Crippen LogP contribution in [-0.2, 0) is 0 Å². The van der Waals surface area contributed by atoms with E-state index in [1.54, 1.807) is 0 Å². The predicted octanol–water partition coefficient (Wildman–Crippen LogP) is 10.2. The van der Waals surface area contributed by atoms with E-state index in [1.165, 1.54) is 37.8 Å². The Hall–Kier alpha value is -5.97. The smallest absolute Gasteiger partial charge is 0.164 e. The molecular weight excluding hydrogens is 611 g/mol. The molecule has 7 aromatic carbocycles. The Labute approximate surface area is 287 Å². The van der Waals surface area contributed by atoms with E-state index in [0.717, 1.165) is 33.4 Å². The van der Waals surface area contributed by atoms with Gasteiger partial charge in [0, 0.05) is 16.7 Å².